The van der Waals surface area contributed by atoms with Crippen molar-refractivity contribution in [2.45, 2.75) is 67.0 Å². The van der Waals surface area contributed by atoms with Gasteiger partial charge in [0, 0.05) is 44.4 Å². The molecule has 11 heteroatoms. The summed E-state index contributed by atoms with van der Waals surface area (Å²) < 4.78 is 17.6. The van der Waals surface area contributed by atoms with Crippen molar-refractivity contribution < 1.29 is 19.3 Å². The Labute approximate surface area is 215 Å². The number of rotatable bonds is 5. The van der Waals surface area contributed by atoms with Crippen molar-refractivity contribution in [3.8, 4) is 5.75 Å². The van der Waals surface area contributed by atoms with Crippen LogP contribution >= 0.6 is 11.8 Å². The zero-order valence-corrected chi connectivity index (χ0v) is 21.6. The molecule has 10 nitrogen and oxygen atoms in total. The molecule has 2 aromatic rings. The molecule has 0 radical (unpaired) electrons. The summed E-state index contributed by atoms with van der Waals surface area (Å²) in [6.07, 6.45) is 6.72. The van der Waals surface area contributed by atoms with Gasteiger partial charge in [0.1, 0.15) is 17.3 Å². The number of pyridine rings is 1. The molecule has 3 fully saturated rings. The van der Waals surface area contributed by atoms with E-state index >= 15 is 0 Å². The van der Waals surface area contributed by atoms with E-state index in [9.17, 15) is 5.11 Å². The number of hydrogen-bond acceptors (Lipinski definition) is 11. The first-order chi connectivity index (χ1) is 17.5. The smallest absolute Gasteiger partial charge is 0.175 e. The second kappa shape index (κ2) is 9.60. The summed E-state index contributed by atoms with van der Waals surface area (Å²) in [7, 11) is 1.76. The molecule has 0 aliphatic carbocycles. The maximum atomic E-state index is 10.1. The first-order valence-corrected chi connectivity index (χ1v) is 13.5. The Hall–Kier alpha value is -2.18. The van der Waals surface area contributed by atoms with Crippen LogP contribution in [-0.2, 0) is 16.1 Å². The Balaban J connectivity index is 1.19. The molecule has 3 N–H and O–H groups in total. The minimum absolute atomic E-state index is 0.0383. The number of ether oxygens (including phenoxy) is 3. The van der Waals surface area contributed by atoms with E-state index in [0.717, 1.165) is 67.8 Å². The fourth-order valence-corrected chi connectivity index (χ4v) is 6.91. The van der Waals surface area contributed by atoms with Gasteiger partial charge < -0.3 is 34.9 Å². The van der Waals surface area contributed by atoms with E-state index in [4.69, 9.17) is 29.9 Å². The van der Waals surface area contributed by atoms with Gasteiger partial charge in [0.25, 0.3) is 0 Å². The number of aliphatic hydroxyl groups is 1. The molecule has 1 spiro atoms. The largest absolute Gasteiger partial charge is 0.486 e. The Morgan fingerprint density at radius 2 is 2.11 bits per heavy atom. The van der Waals surface area contributed by atoms with E-state index in [2.05, 4.69) is 21.7 Å². The van der Waals surface area contributed by atoms with Crippen LogP contribution in [0.2, 0.25) is 0 Å². The summed E-state index contributed by atoms with van der Waals surface area (Å²) in [5, 5.41) is 10.8. The van der Waals surface area contributed by atoms with Crippen LogP contribution in [0.25, 0.3) is 0 Å². The first-order valence-electron chi connectivity index (χ1n) is 12.7. The van der Waals surface area contributed by atoms with Crippen molar-refractivity contribution in [3.05, 3.63) is 24.2 Å². The minimum atomic E-state index is -0.170. The van der Waals surface area contributed by atoms with Crippen LogP contribution in [0.15, 0.2) is 28.4 Å². The normalized spacial score (nSPS) is 28.8. The summed E-state index contributed by atoms with van der Waals surface area (Å²) in [5.41, 5.74) is 7.10. The third-order valence-corrected chi connectivity index (χ3v) is 9.27. The van der Waals surface area contributed by atoms with Gasteiger partial charge in [0.05, 0.1) is 42.6 Å². The second-order valence-corrected chi connectivity index (χ2v) is 11.4. The number of aromatic nitrogens is 3. The SMILES string of the molecule is COC1CC2COc3c(Sc4cnc(N5CCC6(CC5)CO[C@@H](C)[C@H]6N)c(CO)n4)ccnc3N2C1. The lowest BCUT2D eigenvalue weighted by molar-refractivity contribution is 0.0973. The molecule has 0 amide bonds. The van der Waals surface area contributed by atoms with Crippen molar-refractivity contribution in [3.63, 3.8) is 0 Å². The highest BCUT2D eigenvalue weighted by Crippen LogP contribution is 2.45. The van der Waals surface area contributed by atoms with Crippen LogP contribution in [-0.4, -0.2) is 84.3 Å². The van der Waals surface area contributed by atoms with Crippen LogP contribution in [0.1, 0.15) is 31.9 Å². The molecular formula is C25H34N6O4S. The molecular weight excluding hydrogens is 480 g/mol. The van der Waals surface area contributed by atoms with Gasteiger partial charge >= 0.3 is 0 Å². The number of methoxy groups -OCH3 is 1. The Bertz CT molecular complexity index is 1110. The number of aliphatic hydroxyl groups excluding tert-OH is 1. The number of nitrogens with zero attached hydrogens (tertiary/aromatic N) is 5. The summed E-state index contributed by atoms with van der Waals surface area (Å²) in [5.74, 6) is 2.38. The van der Waals surface area contributed by atoms with Crippen molar-refractivity contribution >= 4 is 23.4 Å². The van der Waals surface area contributed by atoms with Crippen molar-refractivity contribution in [1.29, 1.82) is 0 Å². The molecule has 0 aromatic carbocycles. The van der Waals surface area contributed by atoms with Crippen LogP contribution in [0.4, 0.5) is 11.6 Å². The van der Waals surface area contributed by atoms with Gasteiger partial charge in [-0.1, -0.05) is 11.8 Å². The van der Waals surface area contributed by atoms with Crippen LogP contribution in [0, 0.1) is 5.41 Å². The average Bonchev–Trinajstić information content (AvgIpc) is 3.46. The number of nitrogens with two attached hydrogens (primary N) is 1. The van der Waals surface area contributed by atoms with E-state index in [1.165, 1.54) is 11.8 Å². The van der Waals surface area contributed by atoms with Gasteiger partial charge in [0.2, 0.25) is 0 Å². The van der Waals surface area contributed by atoms with Gasteiger partial charge in [-0.25, -0.2) is 15.0 Å². The number of fused-ring (bicyclic) bond motifs is 3. The Kier molecular flexibility index (Phi) is 6.45. The van der Waals surface area contributed by atoms with E-state index in [0.29, 0.717) is 17.3 Å². The molecule has 4 aliphatic heterocycles. The van der Waals surface area contributed by atoms with Crippen LogP contribution in [0.5, 0.6) is 5.75 Å². The minimum Gasteiger partial charge on any atom is -0.486 e. The fraction of sp³-hybridized carbons (Fsp3) is 0.640. The second-order valence-electron chi connectivity index (χ2n) is 10.3. The lowest BCUT2D eigenvalue weighted by Crippen LogP contribution is -2.51. The fourth-order valence-electron chi connectivity index (χ4n) is 6.05. The zero-order valence-electron chi connectivity index (χ0n) is 20.8. The molecule has 6 heterocycles. The van der Waals surface area contributed by atoms with Crippen molar-refractivity contribution in [1.82, 2.24) is 15.0 Å². The first kappa shape index (κ1) is 24.2. The van der Waals surface area contributed by atoms with E-state index < -0.39 is 0 Å². The summed E-state index contributed by atoms with van der Waals surface area (Å²) in [6.45, 7) is 5.68. The maximum absolute atomic E-state index is 10.1. The van der Waals surface area contributed by atoms with Crippen molar-refractivity contribution in [2.24, 2.45) is 11.1 Å². The Morgan fingerprint density at radius 3 is 2.83 bits per heavy atom. The molecule has 36 heavy (non-hydrogen) atoms. The third-order valence-electron chi connectivity index (χ3n) is 8.32. The average molecular weight is 515 g/mol. The topological polar surface area (TPSA) is 119 Å². The molecule has 2 aromatic heterocycles. The highest BCUT2D eigenvalue weighted by atomic mass is 32.2. The van der Waals surface area contributed by atoms with E-state index in [1.54, 1.807) is 13.3 Å². The molecule has 194 valence electrons. The lowest BCUT2D eigenvalue weighted by atomic mass is 9.73. The molecule has 0 bridgehead atoms. The number of anilines is 2. The molecule has 4 atom stereocenters. The van der Waals surface area contributed by atoms with Gasteiger partial charge in [-0.2, -0.15) is 0 Å². The molecule has 0 saturated carbocycles. The van der Waals surface area contributed by atoms with Gasteiger partial charge in [0.15, 0.2) is 17.4 Å². The van der Waals surface area contributed by atoms with Crippen molar-refractivity contribution in [2.75, 3.05) is 49.8 Å². The standard InChI is InChI=1S/C25H34N6O4S/c1-15-22(26)25(14-35-15)4-7-30(8-5-25)23-18(12-32)29-20(10-28-23)36-19-3-6-27-24-21(19)34-13-16-9-17(33-2)11-31(16)24/h3,6,10,15-17,22,32H,4-5,7-9,11-14,26H2,1-2H3/t15-,16?,17?,22+/m0/s1. The van der Waals surface area contributed by atoms with Gasteiger partial charge in [-0.15, -0.1) is 0 Å². The third kappa shape index (κ3) is 4.10. The van der Waals surface area contributed by atoms with Crippen LogP contribution < -0.4 is 20.3 Å². The summed E-state index contributed by atoms with van der Waals surface area (Å²) in [4.78, 5) is 19.6. The highest BCUT2D eigenvalue weighted by Gasteiger charge is 2.48. The maximum Gasteiger partial charge on any atom is 0.175 e. The van der Waals surface area contributed by atoms with E-state index in [-0.39, 0.29) is 36.3 Å². The van der Waals surface area contributed by atoms with Crippen LogP contribution in [0.3, 0.4) is 0 Å². The number of piperidine rings is 1. The summed E-state index contributed by atoms with van der Waals surface area (Å²) >= 11 is 1.48. The number of hydrogen-bond donors (Lipinski definition) is 2. The van der Waals surface area contributed by atoms with Gasteiger partial charge in [-0.05, 0) is 32.3 Å². The molecule has 6 rings (SSSR count). The predicted molar refractivity (Wildman–Crippen MR) is 136 cm³/mol. The predicted octanol–water partition coefficient (Wildman–Crippen LogP) is 1.83. The lowest BCUT2D eigenvalue weighted by Gasteiger charge is -2.41. The molecule has 4 aliphatic rings. The van der Waals surface area contributed by atoms with E-state index in [1.807, 2.05) is 12.3 Å². The molecule has 2 unspecified atom stereocenters. The Morgan fingerprint density at radius 1 is 1.28 bits per heavy atom. The summed E-state index contributed by atoms with van der Waals surface area (Å²) in [6, 6.07) is 2.29. The monoisotopic (exact) mass is 514 g/mol. The van der Waals surface area contributed by atoms with Gasteiger partial charge in [-0.3, -0.25) is 0 Å². The quantitative estimate of drug-likeness (QED) is 0.608. The zero-order chi connectivity index (χ0) is 24.9. The molecule has 3 saturated heterocycles. The highest BCUT2D eigenvalue weighted by molar-refractivity contribution is 7.99.